The predicted molar refractivity (Wildman–Crippen MR) is 96.8 cm³/mol. The number of nitrogens with zero attached hydrogens (tertiary/aromatic N) is 3. The highest BCUT2D eigenvalue weighted by atomic mass is 16.5. The molecule has 0 aliphatic carbocycles. The number of piperazine rings is 1. The lowest BCUT2D eigenvalue weighted by molar-refractivity contribution is -0.132. The first kappa shape index (κ1) is 17.7. The molecule has 2 saturated heterocycles. The van der Waals surface area contributed by atoms with Gasteiger partial charge in [-0.15, -0.1) is 0 Å². The second-order valence-electron chi connectivity index (χ2n) is 6.74. The van der Waals surface area contributed by atoms with Gasteiger partial charge in [-0.1, -0.05) is 0 Å². The van der Waals surface area contributed by atoms with Crippen molar-refractivity contribution in [1.29, 1.82) is 0 Å². The van der Waals surface area contributed by atoms with E-state index in [0.717, 1.165) is 43.9 Å². The van der Waals surface area contributed by atoms with Gasteiger partial charge < -0.3 is 14.5 Å². The van der Waals surface area contributed by atoms with E-state index in [1.807, 2.05) is 41.0 Å². The number of hydrogen-bond acceptors (Lipinski definition) is 4. The zero-order valence-electron chi connectivity index (χ0n) is 15.1. The second kappa shape index (κ2) is 7.87. The molecule has 1 aromatic rings. The molecular weight excluding hydrogens is 318 g/mol. The van der Waals surface area contributed by atoms with Crippen LogP contribution in [0.3, 0.4) is 0 Å². The molecule has 6 heteroatoms. The summed E-state index contributed by atoms with van der Waals surface area (Å²) >= 11 is 0. The maximum absolute atomic E-state index is 12.7. The molecule has 25 heavy (non-hydrogen) atoms. The van der Waals surface area contributed by atoms with Crippen LogP contribution in [0, 0.1) is 0 Å². The van der Waals surface area contributed by atoms with Crippen molar-refractivity contribution in [1.82, 2.24) is 9.80 Å². The van der Waals surface area contributed by atoms with Crippen LogP contribution in [0.4, 0.5) is 5.69 Å². The Morgan fingerprint density at radius 1 is 1.12 bits per heavy atom. The largest absolute Gasteiger partial charge is 0.497 e. The van der Waals surface area contributed by atoms with Crippen LogP contribution in [-0.4, -0.2) is 67.5 Å². The molecule has 2 aliphatic rings. The summed E-state index contributed by atoms with van der Waals surface area (Å²) in [6, 6.07) is 7.36. The quantitative estimate of drug-likeness (QED) is 0.816. The molecule has 2 heterocycles. The number of benzene rings is 1. The fraction of sp³-hybridized carbons (Fsp3) is 0.579. The Balaban J connectivity index is 1.56. The molecular formula is C19H27N3O3. The number of hydrogen-bond donors (Lipinski definition) is 0. The summed E-state index contributed by atoms with van der Waals surface area (Å²) in [5.74, 6) is 1.09. The van der Waals surface area contributed by atoms with Crippen molar-refractivity contribution < 1.29 is 14.3 Å². The molecule has 2 fully saturated rings. The van der Waals surface area contributed by atoms with Crippen molar-refractivity contribution in [2.75, 3.05) is 44.7 Å². The molecule has 1 aromatic carbocycles. The molecule has 3 rings (SSSR count). The Kier molecular flexibility index (Phi) is 5.58. The third kappa shape index (κ3) is 3.95. The summed E-state index contributed by atoms with van der Waals surface area (Å²) in [4.78, 5) is 30.9. The second-order valence-corrected chi connectivity index (χ2v) is 6.74. The zero-order valence-corrected chi connectivity index (χ0v) is 15.1. The van der Waals surface area contributed by atoms with Crippen LogP contribution in [-0.2, 0) is 9.59 Å². The lowest BCUT2D eigenvalue weighted by Crippen LogP contribution is -2.56. The minimum atomic E-state index is -0.206. The molecule has 2 amide bonds. The van der Waals surface area contributed by atoms with Crippen molar-refractivity contribution in [2.45, 2.75) is 32.2 Å². The van der Waals surface area contributed by atoms with Crippen molar-refractivity contribution in [2.24, 2.45) is 0 Å². The van der Waals surface area contributed by atoms with Crippen LogP contribution in [0.1, 0.15) is 26.2 Å². The number of anilines is 1. The molecule has 0 aromatic heterocycles. The van der Waals surface area contributed by atoms with E-state index in [1.165, 1.54) is 0 Å². The van der Waals surface area contributed by atoms with Gasteiger partial charge in [0.1, 0.15) is 5.75 Å². The van der Waals surface area contributed by atoms with E-state index in [-0.39, 0.29) is 17.9 Å². The molecule has 136 valence electrons. The molecule has 0 bridgehead atoms. The van der Waals surface area contributed by atoms with E-state index in [2.05, 4.69) is 4.90 Å². The Morgan fingerprint density at radius 2 is 1.80 bits per heavy atom. The number of carbonyl (C=O) groups excluding carboxylic acids is 2. The molecule has 0 N–H and O–H groups in total. The fourth-order valence-corrected chi connectivity index (χ4v) is 3.60. The Morgan fingerprint density at radius 3 is 2.44 bits per heavy atom. The van der Waals surface area contributed by atoms with Crippen molar-refractivity contribution >= 4 is 17.5 Å². The summed E-state index contributed by atoms with van der Waals surface area (Å²) in [6.07, 6.45) is 2.72. The van der Waals surface area contributed by atoms with Crippen molar-refractivity contribution in [3.05, 3.63) is 24.3 Å². The fourth-order valence-electron chi connectivity index (χ4n) is 3.60. The normalized spacial score (nSPS) is 21.7. The van der Waals surface area contributed by atoms with Gasteiger partial charge in [0.2, 0.25) is 11.8 Å². The highest BCUT2D eigenvalue weighted by Gasteiger charge is 2.32. The molecule has 0 saturated carbocycles. The molecule has 0 radical (unpaired) electrons. The summed E-state index contributed by atoms with van der Waals surface area (Å²) in [5, 5.41) is 0. The van der Waals surface area contributed by atoms with Gasteiger partial charge >= 0.3 is 0 Å². The van der Waals surface area contributed by atoms with Gasteiger partial charge in [-0.2, -0.15) is 0 Å². The van der Waals surface area contributed by atoms with E-state index in [9.17, 15) is 9.59 Å². The maximum Gasteiger partial charge on any atom is 0.244 e. The summed E-state index contributed by atoms with van der Waals surface area (Å²) in [5.41, 5.74) is 0.894. The van der Waals surface area contributed by atoms with Gasteiger partial charge in [-0.25, -0.2) is 0 Å². The highest BCUT2D eigenvalue weighted by molar-refractivity contribution is 5.97. The molecule has 0 spiro atoms. The van der Waals surface area contributed by atoms with Gasteiger partial charge in [0.15, 0.2) is 0 Å². The average molecular weight is 345 g/mol. The first-order valence-corrected chi connectivity index (χ1v) is 9.07. The van der Waals surface area contributed by atoms with Crippen molar-refractivity contribution in [3.8, 4) is 5.75 Å². The maximum atomic E-state index is 12.7. The minimum Gasteiger partial charge on any atom is -0.497 e. The van der Waals surface area contributed by atoms with Gasteiger partial charge in [-0.05, 0) is 44.0 Å². The minimum absolute atomic E-state index is 0.0880. The van der Waals surface area contributed by atoms with Gasteiger partial charge in [0, 0.05) is 44.8 Å². The monoisotopic (exact) mass is 345 g/mol. The van der Waals surface area contributed by atoms with Crippen molar-refractivity contribution in [3.63, 3.8) is 0 Å². The highest BCUT2D eigenvalue weighted by Crippen LogP contribution is 2.23. The predicted octanol–water partition coefficient (Wildman–Crippen LogP) is 1.74. The average Bonchev–Trinajstić information content (AvgIpc) is 3.18. The molecule has 2 aliphatic heterocycles. The first-order valence-electron chi connectivity index (χ1n) is 9.07. The number of likely N-dealkylation sites (tertiary alicyclic amines) is 1. The van der Waals surface area contributed by atoms with E-state index in [4.69, 9.17) is 4.74 Å². The molecule has 0 unspecified atom stereocenters. The van der Waals surface area contributed by atoms with Gasteiger partial charge in [0.25, 0.3) is 0 Å². The Bertz CT molecular complexity index is 611. The van der Waals surface area contributed by atoms with Crippen LogP contribution in [0.2, 0.25) is 0 Å². The third-order valence-corrected chi connectivity index (χ3v) is 5.24. The summed E-state index contributed by atoms with van der Waals surface area (Å²) in [7, 11) is 1.63. The summed E-state index contributed by atoms with van der Waals surface area (Å²) in [6.45, 7) is 5.79. The third-order valence-electron chi connectivity index (χ3n) is 5.24. The Hall–Kier alpha value is -2.08. The number of amides is 2. The smallest absolute Gasteiger partial charge is 0.244 e. The van der Waals surface area contributed by atoms with Crippen LogP contribution in [0.25, 0.3) is 0 Å². The molecule has 1 atom stereocenters. The lowest BCUT2D eigenvalue weighted by Gasteiger charge is -2.39. The van der Waals surface area contributed by atoms with E-state index in [1.54, 1.807) is 7.11 Å². The Labute approximate surface area is 149 Å². The van der Waals surface area contributed by atoms with Crippen LogP contribution in [0.15, 0.2) is 24.3 Å². The van der Waals surface area contributed by atoms with Crippen LogP contribution >= 0.6 is 0 Å². The number of rotatable bonds is 5. The van der Waals surface area contributed by atoms with E-state index < -0.39 is 0 Å². The van der Waals surface area contributed by atoms with Crippen LogP contribution < -0.4 is 9.64 Å². The zero-order chi connectivity index (χ0) is 17.8. The molecule has 6 nitrogen and oxygen atoms in total. The standard InChI is InChI=1S/C19H27N3O3/c1-15-19(24)22(16-5-7-17(25-2)8-6-16)14-13-20(15)12-9-18(23)21-10-3-4-11-21/h5-8,15H,3-4,9-14H2,1-2H3/t15-/m0/s1. The summed E-state index contributed by atoms with van der Waals surface area (Å²) < 4.78 is 5.17. The van der Waals surface area contributed by atoms with Gasteiger partial charge in [0.05, 0.1) is 13.2 Å². The van der Waals surface area contributed by atoms with Gasteiger partial charge in [-0.3, -0.25) is 14.5 Å². The topological polar surface area (TPSA) is 53.1 Å². The number of carbonyl (C=O) groups is 2. The van der Waals surface area contributed by atoms with E-state index in [0.29, 0.717) is 19.5 Å². The van der Waals surface area contributed by atoms with Crippen LogP contribution in [0.5, 0.6) is 5.75 Å². The number of methoxy groups -OCH3 is 1. The van der Waals surface area contributed by atoms with E-state index >= 15 is 0 Å². The SMILES string of the molecule is COc1ccc(N2CCN(CCC(=O)N3CCCC3)[C@@H](C)C2=O)cc1. The lowest BCUT2D eigenvalue weighted by atomic mass is 10.1. The first-order chi connectivity index (χ1) is 12.1. The number of ether oxygens (including phenoxy) is 1.